The highest BCUT2D eigenvalue weighted by molar-refractivity contribution is 5.61. The first-order valence-corrected chi connectivity index (χ1v) is 9.06. The van der Waals surface area contributed by atoms with Crippen molar-refractivity contribution in [1.29, 1.82) is 0 Å². The van der Waals surface area contributed by atoms with Crippen LogP contribution in [0.15, 0.2) is 36.4 Å². The SMILES string of the molecule is COc1c2c(cc3c1[C@@H](C[C@H](O)c1ccccc1)[N+](C)(C)CC3)OCO2. The highest BCUT2D eigenvalue weighted by Crippen LogP contribution is 2.52. The van der Waals surface area contributed by atoms with Gasteiger partial charge in [-0.05, 0) is 17.2 Å². The van der Waals surface area contributed by atoms with Crippen LogP contribution >= 0.6 is 0 Å². The van der Waals surface area contributed by atoms with Gasteiger partial charge in [0, 0.05) is 12.8 Å². The average molecular weight is 356 g/mol. The van der Waals surface area contributed by atoms with Crippen LogP contribution in [0.2, 0.25) is 0 Å². The number of aliphatic hydroxyl groups is 1. The number of ether oxygens (including phenoxy) is 3. The zero-order valence-electron chi connectivity index (χ0n) is 15.6. The molecule has 0 bridgehead atoms. The van der Waals surface area contributed by atoms with Gasteiger partial charge in [0.05, 0.1) is 39.4 Å². The Hall–Kier alpha value is -2.24. The maximum atomic E-state index is 10.9. The number of aliphatic hydroxyl groups excluding tert-OH is 1. The minimum atomic E-state index is -0.528. The van der Waals surface area contributed by atoms with Gasteiger partial charge in [-0.15, -0.1) is 0 Å². The third-order valence-corrected chi connectivity index (χ3v) is 5.71. The van der Waals surface area contributed by atoms with Gasteiger partial charge in [-0.2, -0.15) is 0 Å². The van der Waals surface area contributed by atoms with Crippen LogP contribution in [0.5, 0.6) is 17.2 Å². The molecule has 2 heterocycles. The van der Waals surface area contributed by atoms with Crippen molar-refractivity contribution in [3.8, 4) is 17.2 Å². The van der Waals surface area contributed by atoms with Crippen LogP contribution in [-0.2, 0) is 6.42 Å². The molecule has 1 N–H and O–H groups in total. The summed E-state index contributed by atoms with van der Waals surface area (Å²) >= 11 is 0. The van der Waals surface area contributed by atoms with E-state index in [4.69, 9.17) is 14.2 Å². The van der Waals surface area contributed by atoms with Crippen molar-refractivity contribution in [2.45, 2.75) is 25.0 Å². The van der Waals surface area contributed by atoms with E-state index in [2.05, 4.69) is 20.2 Å². The van der Waals surface area contributed by atoms with Crippen molar-refractivity contribution >= 4 is 0 Å². The monoisotopic (exact) mass is 356 g/mol. The smallest absolute Gasteiger partial charge is 0.231 e. The minimum absolute atomic E-state index is 0.110. The topological polar surface area (TPSA) is 47.9 Å². The molecule has 0 saturated carbocycles. The molecule has 2 aliphatic rings. The number of nitrogens with zero attached hydrogens (tertiary/aromatic N) is 1. The molecular formula is C21H26NO4+. The van der Waals surface area contributed by atoms with Crippen molar-refractivity contribution in [2.75, 3.05) is 34.5 Å². The van der Waals surface area contributed by atoms with Gasteiger partial charge in [0.1, 0.15) is 6.04 Å². The van der Waals surface area contributed by atoms with Gasteiger partial charge >= 0.3 is 0 Å². The second-order valence-corrected chi connectivity index (χ2v) is 7.65. The summed E-state index contributed by atoms with van der Waals surface area (Å²) in [6, 6.07) is 12.0. The van der Waals surface area contributed by atoms with Crippen LogP contribution in [-0.4, -0.2) is 44.1 Å². The Morgan fingerprint density at radius 1 is 1.23 bits per heavy atom. The standard InChI is InChI=1S/C21H26NO4/c1-22(2)10-9-15-11-18-20(26-13-25-18)21(24-3)19(15)16(22)12-17(23)14-7-5-4-6-8-14/h4-8,11,16-17,23H,9-10,12-13H2,1-3H3/q+1/t16-,17+/m1/s1. The van der Waals surface area contributed by atoms with Crippen molar-refractivity contribution in [3.63, 3.8) is 0 Å². The van der Waals surface area contributed by atoms with E-state index < -0.39 is 6.10 Å². The molecule has 5 heteroatoms. The van der Waals surface area contributed by atoms with Crippen LogP contribution in [0.1, 0.15) is 35.3 Å². The van der Waals surface area contributed by atoms with E-state index in [1.165, 1.54) is 5.56 Å². The van der Waals surface area contributed by atoms with Gasteiger partial charge in [0.15, 0.2) is 11.5 Å². The van der Waals surface area contributed by atoms with Gasteiger partial charge in [0.25, 0.3) is 0 Å². The zero-order valence-corrected chi connectivity index (χ0v) is 15.6. The number of rotatable bonds is 4. The normalized spacial score (nSPS) is 21.2. The molecule has 2 aromatic carbocycles. The molecule has 4 rings (SSSR count). The van der Waals surface area contributed by atoms with Crippen LogP contribution in [0.3, 0.4) is 0 Å². The van der Waals surface area contributed by atoms with Crippen LogP contribution in [0, 0.1) is 0 Å². The van der Waals surface area contributed by atoms with Crippen molar-refractivity contribution in [1.82, 2.24) is 0 Å². The summed E-state index contributed by atoms with van der Waals surface area (Å²) in [4.78, 5) is 0. The van der Waals surface area contributed by atoms with Gasteiger partial charge in [-0.25, -0.2) is 0 Å². The number of hydrogen-bond donors (Lipinski definition) is 1. The summed E-state index contributed by atoms with van der Waals surface area (Å²) in [6.07, 6.45) is 1.05. The molecule has 0 fully saturated rings. The van der Waals surface area contributed by atoms with E-state index in [0.717, 1.165) is 40.1 Å². The molecule has 5 nitrogen and oxygen atoms in total. The molecule has 138 valence electrons. The molecule has 0 saturated heterocycles. The quantitative estimate of drug-likeness (QED) is 0.855. The predicted molar refractivity (Wildman–Crippen MR) is 98.6 cm³/mol. The number of benzene rings is 2. The largest absolute Gasteiger partial charge is 0.492 e. The fraction of sp³-hybridized carbons (Fsp3) is 0.429. The third-order valence-electron chi connectivity index (χ3n) is 5.71. The highest BCUT2D eigenvalue weighted by atomic mass is 16.7. The molecule has 26 heavy (non-hydrogen) atoms. The Labute approximate surface area is 154 Å². The first-order valence-electron chi connectivity index (χ1n) is 9.06. The van der Waals surface area contributed by atoms with E-state index >= 15 is 0 Å². The molecule has 0 radical (unpaired) electrons. The average Bonchev–Trinajstić information content (AvgIpc) is 3.11. The lowest BCUT2D eigenvalue weighted by Crippen LogP contribution is -2.48. The summed E-state index contributed by atoms with van der Waals surface area (Å²) in [6.45, 7) is 1.23. The first kappa shape index (κ1) is 17.2. The number of likely N-dealkylation sites (N-methyl/N-ethyl adjacent to an activating group) is 1. The second-order valence-electron chi connectivity index (χ2n) is 7.65. The number of hydrogen-bond acceptors (Lipinski definition) is 4. The van der Waals surface area contributed by atoms with Crippen molar-refractivity contribution in [2.24, 2.45) is 0 Å². The van der Waals surface area contributed by atoms with E-state index in [-0.39, 0.29) is 12.8 Å². The van der Waals surface area contributed by atoms with E-state index in [9.17, 15) is 5.11 Å². The summed E-state index contributed by atoms with van der Waals surface area (Å²) < 4.78 is 17.8. The number of fused-ring (bicyclic) bond motifs is 2. The van der Waals surface area contributed by atoms with Gasteiger partial charge < -0.3 is 23.8 Å². The molecule has 2 aromatic rings. The lowest BCUT2D eigenvalue weighted by molar-refractivity contribution is -0.924. The molecule has 2 aliphatic heterocycles. The van der Waals surface area contributed by atoms with Gasteiger partial charge in [-0.1, -0.05) is 30.3 Å². The zero-order chi connectivity index (χ0) is 18.3. The summed E-state index contributed by atoms with van der Waals surface area (Å²) in [7, 11) is 6.11. The molecule has 0 aliphatic carbocycles. The Morgan fingerprint density at radius 2 is 2.00 bits per heavy atom. The molecule has 0 amide bonds. The van der Waals surface area contributed by atoms with Crippen LogP contribution in [0.4, 0.5) is 0 Å². The van der Waals surface area contributed by atoms with Crippen LogP contribution < -0.4 is 14.2 Å². The number of quaternary nitrogens is 1. The Bertz CT molecular complexity index is 803. The maximum Gasteiger partial charge on any atom is 0.231 e. The molecule has 0 spiro atoms. The summed E-state index contributed by atoms with van der Waals surface area (Å²) in [5, 5.41) is 10.9. The maximum absolute atomic E-state index is 10.9. The van der Waals surface area contributed by atoms with Gasteiger partial charge in [-0.3, -0.25) is 0 Å². The predicted octanol–water partition coefficient (Wildman–Crippen LogP) is 3.22. The Balaban J connectivity index is 1.77. The van der Waals surface area contributed by atoms with Crippen LogP contribution in [0.25, 0.3) is 0 Å². The fourth-order valence-electron chi connectivity index (χ4n) is 4.19. The van der Waals surface area contributed by atoms with Gasteiger partial charge in [0.2, 0.25) is 12.5 Å². The lowest BCUT2D eigenvalue weighted by Gasteiger charge is -2.44. The van der Waals surface area contributed by atoms with Crippen molar-refractivity contribution < 1.29 is 23.8 Å². The van der Waals surface area contributed by atoms with Crippen molar-refractivity contribution in [3.05, 3.63) is 53.1 Å². The lowest BCUT2D eigenvalue weighted by atomic mass is 9.85. The molecular weight excluding hydrogens is 330 g/mol. The number of methoxy groups -OCH3 is 1. The third kappa shape index (κ3) is 2.81. The molecule has 0 aromatic heterocycles. The van der Waals surface area contributed by atoms with E-state index in [0.29, 0.717) is 12.2 Å². The molecule has 0 unspecified atom stereocenters. The van der Waals surface area contributed by atoms with E-state index in [1.807, 2.05) is 30.3 Å². The first-order chi connectivity index (χ1) is 12.5. The van der Waals surface area contributed by atoms with E-state index in [1.54, 1.807) is 7.11 Å². The highest BCUT2D eigenvalue weighted by Gasteiger charge is 2.42. The second kappa shape index (κ2) is 6.49. The Kier molecular flexibility index (Phi) is 4.29. The summed E-state index contributed by atoms with van der Waals surface area (Å²) in [5.74, 6) is 2.20. The minimum Gasteiger partial charge on any atom is -0.492 e. The molecule has 2 atom stereocenters. The fourth-order valence-corrected chi connectivity index (χ4v) is 4.19. The Morgan fingerprint density at radius 3 is 2.73 bits per heavy atom. The summed E-state index contributed by atoms with van der Waals surface area (Å²) in [5.41, 5.74) is 3.32.